The van der Waals surface area contributed by atoms with Crippen molar-refractivity contribution in [1.82, 2.24) is 0 Å². The first-order chi connectivity index (χ1) is 43.5. The van der Waals surface area contributed by atoms with Crippen LogP contribution in [0.15, 0.2) is 0 Å². The molecule has 534 valence electrons. The number of unbranched alkanes of at least 4 members (excludes halogenated alkanes) is 43. The number of aliphatic hydroxyl groups excluding tert-OH is 1. The molecule has 2 unspecified atom stereocenters. The fourth-order valence-corrected chi connectivity index (χ4v) is 12.4. The molecule has 0 saturated heterocycles. The predicted octanol–water partition coefficient (Wildman–Crippen LogP) is 20.5. The minimum Gasteiger partial charge on any atom is -0.462 e. The second-order valence-electron chi connectivity index (χ2n) is 26.1. The van der Waals surface area contributed by atoms with Crippen LogP contribution in [0.2, 0.25) is 0 Å². The molecule has 0 aromatic heterocycles. The fraction of sp³-hybridized carbons (Fsp3) is 0.944. The van der Waals surface area contributed by atoms with Crippen LogP contribution >= 0.6 is 15.6 Å². The van der Waals surface area contributed by atoms with E-state index in [1.54, 1.807) is 0 Å². The van der Waals surface area contributed by atoms with Crippen LogP contribution in [0.25, 0.3) is 0 Å². The zero-order chi connectivity index (χ0) is 66.3. The number of carbonyl (C=O) groups excluding carboxylic acids is 4. The molecule has 90 heavy (non-hydrogen) atoms. The number of hydrogen-bond acceptors (Lipinski definition) is 15. The van der Waals surface area contributed by atoms with E-state index in [1.165, 1.54) is 193 Å². The summed E-state index contributed by atoms with van der Waals surface area (Å²) in [5.74, 6) is -1.46. The lowest BCUT2D eigenvalue weighted by Crippen LogP contribution is -2.30. The van der Waals surface area contributed by atoms with Gasteiger partial charge in [0.05, 0.1) is 26.4 Å². The Balaban J connectivity index is 5.18. The molecule has 0 radical (unpaired) electrons. The van der Waals surface area contributed by atoms with Gasteiger partial charge in [0.2, 0.25) is 0 Å². The van der Waals surface area contributed by atoms with Crippen molar-refractivity contribution in [3.8, 4) is 0 Å². The molecule has 19 heteroatoms. The molecule has 3 N–H and O–H groups in total. The Bertz CT molecular complexity index is 1740. The smallest absolute Gasteiger partial charge is 0.462 e. The standard InChI is InChI=1S/C71H138O17P2/c1-6-9-12-15-18-21-23-25-26-27-28-29-30-32-34-37-40-46-51-56-70(75)87-66(60-82-69(74)55-50-45-39-36-33-31-24-22-19-16-13-10-7-2)62-85-89(77,78)83-58-65(72)59-84-90(79,80)86-63-67(88-71(76)57-52-47-42-41-43-48-53-64(4)5)61-81-68(73)54-49-44-38-35-20-17-14-11-8-3/h64-67,72H,6-63H2,1-5H3,(H,77,78)(H,79,80)/t65-,66-,67-/m1/s1. The van der Waals surface area contributed by atoms with E-state index in [-0.39, 0.29) is 25.7 Å². The zero-order valence-electron chi connectivity index (χ0n) is 58.3. The SMILES string of the molecule is CCCCCCCCCCCCCCCCCCCCCC(=O)O[C@H](COC(=O)CCCCCCCCCCCCCCC)COP(=O)(O)OC[C@@H](O)COP(=O)(O)OC[C@@H](COC(=O)CCCCCCCCCCC)OC(=O)CCCCCCCCC(C)C. The second kappa shape index (κ2) is 64.4. The Morgan fingerprint density at radius 2 is 0.511 bits per heavy atom. The van der Waals surface area contributed by atoms with Crippen LogP contribution in [0.5, 0.6) is 0 Å². The Hall–Kier alpha value is -1.94. The quantitative estimate of drug-likeness (QED) is 0.0222. The Morgan fingerprint density at radius 1 is 0.300 bits per heavy atom. The van der Waals surface area contributed by atoms with Crippen LogP contribution in [-0.2, 0) is 65.4 Å². The highest BCUT2D eigenvalue weighted by molar-refractivity contribution is 7.47. The number of ether oxygens (including phenoxy) is 4. The third kappa shape index (κ3) is 64.8. The molecule has 0 aliphatic rings. The molecular weight excluding hydrogens is 1190 g/mol. The van der Waals surface area contributed by atoms with Crippen molar-refractivity contribution < 1.29 is 80.2 Å². The molecule has 0 heterocycles. The maximum Gasteiger partial charge on any atom is 0.472 e. The molecule has 0 aliphatic heterocycles. The minimum absolute atomic E-state index is 0.102. The summed E-state index contributed by atoms with van der Waals surface area (Å²) in [5, 5.41) is 10.6. The first kappa shape index (κ1) is 88.1. The molecular formula is C71H138O17P2. The number of hydrogen-bond donors (Lipinski definition) is 3. The molecule has 5 atom stereocenters. The average molecular weight is 1330 g/mol. The number of phosphoric acid groups is 2. The molecule has 0 aliphatic carbocycles. The third-order valence-electron chi connectivity index (χ3n) is 16.5. The fourth-order valence-electron chi connectivity index (χ4n) is 10.8. The molecule has 0 bridgehead atoms. The highest BCUT2D eigenvalue weighted by Gasteiger charge is 2.30. The van der Waals surface area contributed by atoms with Gasteiger partial charge in [-0.25, -0.2) is 9.13 Å². The summed E-state index contributed by atoms with van der Waals surface area (Å²) in [6.07, 6.45) is 51.6. The molecule has 17 nitrogen and oxygen atoms in total. The van der Waals surface area contributed by atoms with Crippen molar-refractivity contribution in [1.29, 1.82) is 0 Å². The van der Waals surface area contributed by atoms with Gasteiger partial charge >= 0.3 is 39.5 Å². The number of esters is 4. The predicted molar refractivity (Wildman–Crippen MR) is 363 cm³/mol. The molecule has 0 aromatic rings. The minimum atomic E-state index is -4.95. The Kier molecular flexibility index (Phi) is 63.0. The number of phosphoric ester groups is 2. The molecule has 0 fully saturated rings. The van der Waals surface area contributed by atoms with E-state index in [9.17, 15) is 43.2 Å². The summed E-state index contributed by atoms with van der Waals surface area (Å²) in [6, 6.07) is 0. The van der Waals surface area contributed by atoms with E-state index in [1.807, 2.05) is 0 Å². The van der Waals surface area contributed by atoms with Crippen LogP contribution in [-0.4, -0.2) is 96.7 Å². The second-order valence-corrected chi connectivity index (χ2v) is 29.0. The van der Waals surface area contributed by atoms with Crippen LogP contribution < -0.4 is 0 Å². The molecule has 0 saturated carbocycles. The van der Waals surface area contributed by atoms with E-state index in [0.29, 0.717) is 31.6 Å². The number of carbonyl (C=O) groups is 4. The molecule has 0 spiro atoms. The van der Waals surface area contributed by atoms with Gasteiger partial charge in [-0.3, -0.25) is 37.3 Å². The third-order valence-corrected chi connectivity index (χ3v) is 18.4. The lowest BCUT2D eigenvalue weighted by atomic mass is 10.0. The van der Waals surface area contributed by atoms with Crippen molar-refractivity contribution in [2.45, 2.75) is 387 Å². The summed E-state index contributed by atoms with van der Waals surface area (Å²) in [6.45, 7) is 7.15. The van der Waals surface area contributed by atoms with Gasteiger partial charge in [-0.05, 0) is 31.6 Å². The first-order valence-corrected chi connectivity index (χ1v) is 40.1. The Labute approximate surface area is 549 Å². The molecule has 0 rings (SSSR count). The maximum atomic E-state index is 13.0. The molecule has 0 amide bonds. The van der Waals surface area contributed by atoms with Gasteiger partial charge in [-0.2, -0.15) is 0 Å². The van der Waals surface area contributed by atoms with Crippen LogP contribution in [0, 0.1) is 5.92 Å². The largest absolute Gasteiger partial charge is 0.472 e. The zero-order valence-corrected chi connectivity index (χ0v) is 60.1. The van der Waals surface area contributed by atoms with E-state index >= 15 is 0 Å². The van der Waals surface area contributed by atoms with Crippen LogP contribution in [0.4, 0.5) is 0 Å². The van der Waals surface area contributed by atoms with Crippen molar-refractivity contribution in [2.24, 2.45) is 5.92 Å². The summed E-state index contributed by atoms with van der Waals surface area (Å²) >= 11 is 0. The summed E-state index contributed by atoms with van der Waals surface area (Å²) in [7, 11) is -9.90. The van der Waals surface area contributed by atoms with Gasteiger partial charge in [0.25, 0.3) is 0 Å². The van der Waals surface area contributed by atoms with Crippen molar-refractivity contribution in [2.75, 3.05) is 39.6 Å². The van der Waals surface area contributed by atoms with E-state index in [4.69, 9.17) is 37.0 Å². The normalized spacial score (nSPS) is 14.1. The van der Waals surface area contributed by atoms with Crippen molar-refractivity contribution in [3.05, 3.63) is 0 Å². The Morgan fingerprint density at radius 3 is 0.756 bits per heavy atom. The topological polar surface area (TPSA) is 237 Å². The van der Waals surface area contributed by atoms with Gasteiger partial charge in [0.15, 0.2) is 12.2 Å². The molecule has 0 aromatic carbocycles. The summed E-state index contributed by atoms with van der Waals surface area (Å²) in [5.41, 5.74) is 0. The summed E-state index contributed by atoms with van der Waals surface area (Å²) < 4.78 is 68.2. The average Bonchev–Trinajstić information content (AvgIpc) is 3.52. The van der Waals surface area contributed by atoms with Gasteiger partial charge in [-0.1, -0.05) is 317 Å². The van der Waals surface area contributed by atoms with Gasteiger partial charge < -0.3 is 33.8 Å². The van der Waals surface area contributed by atoms with E-state index < -0.39 is 97.5 Å². The van der Waals surface area contributed by atoms with Crippen molar-refractivity contribution >= 4 is 39.5 Å². The lowest BCUT2D eigenvalue weighted by Gasteiger charge is -2.21. The number of aliphatic hydroxyl groups is 1. The highest BCUT2D eigenvalue weighted by atomic mass is 31.2. The highest BCUT2D eigenvalue weighted by Crippen LogP contribution is 2.45. The van der Waals surface area contributed by atoms with Crippen LogP contribution in [0.1, 0.15) is 369 Å². The van der Waals surface area contributed by atoms with Gasteiger partial charge in [0.1, 0.15) is 19.3 Å². The number of rotatable bonds is 71. The van der Waals surface area contributed by atoms with E-state index in [0.717, 1.165) is 89.9 Å². The van der Waals surface area contributed by atoms with Gasteiger partial charge in [0, 0.05) is 25.7 Å². The van der Waals surface area contributed by atoms with E-state index in [2.05, 4.69) is 34.6 Å². The lowest BCUT2D eigenvalue weighted by molar-refractivity contribution is -0.161. The maximum absolute atomic E-state index is 13.0. The first-order valence-electron chi connectivity index (χ1n) is 37.1. The van der Waals surface area contributed by atoms with Gasteiger partial charge in [-0.15, -0.1) is 0 Å². The monoisotopic (exact) mass is 1320 g/mol. The van der Waals surface area contributed by atoms with Crippen LogP contribution in [0.3, 0.4) is 0 Å². The van der Waals surface area contributed by atoms with Crippen molar-refractivity contribution in [3.63, 3.8) is 0 Å². The summed E-state index contributed by atoms with van der Waals surface area (Å²) in [4.78, 5) is 72.5.